The number of nitrogens with zero attached hydrogens (tertiary/aromatic N) is 3. The molecule has 0 unspecified atom stereocenters. The van der Waals surface area contributed by atoms with Crippen molar-refractivity contribution in [1.29, 1.82) is 0 Å². The summed E-state index contributed by atoms with van der Waals surface area (Å²) in [5.74, 6) is 0.564. The van der Waals surface area contributed by atoms with E-state index in [1.807, 2.05) is 18.2 Å². The molecule has 0 atom stereocenters. The first-order chi connectivity index (χ1) is 14.5. The van der Waals surface area contributed by atoms with Crippen LogP contribution in [0, 0.1) is 10.1 Å². The second kappa shape index (κ2) is 10.3. The lowest BCUT2D eigenvalue weighted by Gasteiger charge is -2.36. The monoisotopic (exact) mass is 432 g/mol. The summed E-state index contributed by atoms with van der Waals surface area (Å²) in [6, 6.07) is 11.9. The van der Waals surface area contributed by atoms with Crippen LogP contribution in [0.3, 0.4) is 0 Å². The van der Waals surface area contributed by atoms with Gasteiger partial charge in [0.15, 0.2) is 0 Å². The van der Waals surface area contributed by atoms with Gasteiger partial charge in [-0.05, 0) is 31.2 Å². The molecule has 160 valence electrons. The van der Waals surface area contributed by atoms with E-state index >= 15 is 0 Å². The second-order valence-corrected chi connectivity index (χ2v) is 7.44. The van der Waals surface area contributed by atoms with E-state index in [9.17, 15) is 14.9 Å². The van der Waals surface area contributed by atoms with Gasteiger partial charge in [0, 0.05) is 44.9 Å². The molecule has 2 aromatic carbocycles. The average Bonchev–Trinajstić information content (AvgIpc) is 2.76. The van der Waals surface area contributed by atoms with Crippen molar-refractivity contribution in [3.63, 3.8) is 0 Å². The molecule has 30 heavy (non-hydrogen) atoms. The van der Waals surface area contributed by atoms with E-state index < -0.39 is 4.92 Å². The van der Waals surface area contributed by atoms with E-state index in [1.54, 1.807) is 7.11 Å². The number of rotatable bonds is 8. The van der Waals surface area contributed by atoms with Crippen LogP contribution in [0.4, 0.5) is 11.4 Å². The predicted molar refractivity (Wildman–Crippen MR) is 117 cm³/mol. The highest BCUT2D eigenvalue weighted by molar-refractivity contribution is 6.34. The van der Waals surface area contributed by atoms with E-state index in [-0.39, 0.29) is 22.2 Å². The maximum absolute atomic E-state index is 12.3. The van der Waals surface area contributed by atoms with Crippen LogP contribution in [0.2, 0.25) is 5.02 Å². The molecule has 1 fully saturated rings. The molecule has 3 rings (SSSR count). The van der Waals surface area contributed by atoms with E-state index in [1.165, 1.54) is 18.2 Å². The summed E-state index contributed by atoms with van der Waals surface area (Å²) in [5, 5.41) is 13.7. The lowest BCUT2D eigenvalue weighted by Crippen LogP contribution is -2.47. The van der Waals surface area contributed by atoms with Gasteiger partial charge < -0.3 is 15.0 Å². The molecule has 1 aliphatic rings. The minimum Gasteiger partial charge on any atom is -0.495 e. The van der Waals surface area contributed by atoms with Gasteiger partial charge in [0.05, 0.1) is 28.3 Å². The molecule has 0 radical (unpaired) electrons. The predicted octanol–water partition coefficient (Wildman–Crippen LogP) is 3.20. The van der Waals surface area contributed by atoms with Gasteiger partial charge in [0.2, 0.25) is 0 Å². The lowest BCUT2D eigenvalue weighted by atomic mass is 10.2. The lowest BCUT2D eigenvalue weighted by molar-refractivity contribution is -0.384. The third kappa shape index (κ3) is 5.40. The topological polar surface area (TPSA) is 88.0 Å². The largest absolute Gasteiger partial charge is 0.495 e. The van der Waals surface area contributed by atoms with E-state index in [2.05, 4.69) is 21.2 Å². The summed E-state index contributed by atoms with van der Waals surface area (Å²) in [6.07, 6.45) is 0.811. The Kier molecular flexibility index (Phi) is 7.48. The molecule has 9 heteroatoms. The van der Waals surface area contributed by atoms with Crippen LogP contribution in [0.1, 0.15) is 16.8 Å². The van der Waals surface area contributed by atoms with Crippen molar-refractivity contribution in [3.05, 3.63) is 63.2 Å². The third-order valence-corrected chi connectivity index (χ3v) is 5.46. The summed E-state index contributed by atoms with van der Waals surface area (Å²) in [5.41, 5.74) is 1.23. The number of piperazine rings is 1. The molecular weight excluding hydrogens is 408 g/mol. The standard InChI is InChI=1S/C21H25ClN4O4/c1-30-20-6-3-2-5-19(20)25-13-11-24(12-14-25)10-4-9-23-21(27)17-8-7-16(26(28)29)15-18(17)22/h2-3,5-8,15H,4,9-14H2,1H3,(H,23,27). The minimum absolute atomic E-state index is 0.0779. The zero-order valence-corrected chi connectivity index (χ0v) is 17.6. The van der Waals surface area contributed by atoms with E-state index in [0.717, 1.165) is 50.6 Å². The van der Waals surface area contributed by atoms with E-state index in [4.69, 9.17) is 16.3 Å². The maximum Gasteiger partial charge on any atom is 0.270 e. The van der Waals surface area contributed by atoms with Gasteiger partial charge in [0.25, 0.3) is 11.6 Å². The number of benzene rings is 2. The number of carbonyl (C=O) groups is 1. The Hall–Kier alpha value is -2.84. The van der Waals surface area contributed by atoms with Crippen LogP contribution >= 0.6 is 11.6 Å². The van der Waals surface area contributed by atoms with Gasteiger partial charge in [-0.2, -0.15) is 0 Å². The van der Waals surface area contributed by atoms with Crippen LogP contribution in [-0.4, -0.2) is 62.1 Å². The number of nitrogens with one attached hydrogen (secondary N) is 1. The number of methoxy groups -OCH3 is 1. The van der Waals surface area contributed by atoms with Crippen LogP contribution in [-0.2, 0) is 0 Å². The van der Waals surface area contributed by atoms with Crippen LogP contribution in [0.15, 0.2) is 42.5 Å². The first-order valence-corrected chi connectivity index (χ1v) is 10.2. The van der Waals surface area contributed by atoms with Gasteiger partial charge in [0.1, 0.15) is 5.75 Å². The minimum atomic E-state index is -0.540. The molecule has 0 bridgehead atoms. The number of hydrogen-bond donors (Lipinski definition) is 1. The Morgan fingerprint density at radius 1 is 1.20 bits per heavy atom. The van der Waals surface area contributed by atoms with Gasteiger partial charge in [-0.15, -0.1) is 0 Å². The fourth-order valence-electron chi connectivity index (χ4n) is 3.50. The zero-order chi connectivity index (χ0) is 21.5. The van der Waals surface area contributed by atoms with Gasteiger partial charge >= 0.3 is 0 Å². The molecule has 1 N–H and O–H groups in total. The first-order valence-electron chi connectivity index (χ1n) is 9.82. The van der Waals surface area contributed by atoms with Crippen molar-refractivity contribution in [2.45, 2.75) is 6.42 Å². The number of ether oxygens (including phenoxy) is 1. The molecule has 8 nitrogen and oxygen atoms in total. The summed E-state index contributed by atoms with van der Waals surface area (Å²) < 4.78 is 5.45. The van der Waals surface area contributed by atoms with E-state index in [0.29, 0.717) is 6.54 Å². The average molecular weight is 433 g/mol. The highest BCUT2D eigenvalue weighted by Crippen LogP contribution is 2.28. The molecule has 0 saturated carbocycles. The molecule has 1 amide bonds. The van der Waals surface area contributed by atoms with Crippen LogP contribution in [0.5, 0.6) is 5.75 Å². The van der Waals surface area contributed by atoms with Crippen molar-refractivity contribution in [2.75, 3.05) is 51.3 Å². The molecule has 1 saturated heterocycles. The van der Waals surface area contributed by atoms with Gasteiger partial charge in [-0.25, -0.2) is 0 Å². The Labute approximate surface area is 180 Å². The second-order valence-electron chi connectivity index (χ2n) is 7.03. The Bertz CT molecular complexity index is 900. The van der Waals surface area contributed by atoms with Crippen molar-refractivity contribution < 1.29 is 14.5 Å². The number of para-hydroxylation sites is 2. The maximum atomic E-state index is 12.3. The number of hydrogen-bond acceptors (Lipinski definition) is 6. The molecule has 0 aromatic heterocycles. The van der Waals surface area contributed by atoms with Crippen molar-refractivity contribution in [2.24, 2.45) is 0 Å². The van der Waals surface area contributed by atoms with Crippen molar-refractivity contribution in [1.82, 2.24) is 10.2 Å². The highest BCUT2D eigenvalue weighted by Gasteiger charge is 2.19. The molecule has 2 aromatic rings. The Morgan fingerprint density at radius 3 is 2.60 bits per heavy atom. The smallest absolute Gasteiger partial charge is 0.270 e. The molecule has 0 spiro atoms. The number of amides is 1. The molecule has 0 aliphatic carbocycles. The number of nitro groups is 1. The number of anilines is 1. The van der Waals surface area contributed by atoms with Gasteiger partial charge in [-0.3, -0.25) is 19.8 Å². The zero-order valence-electron chi connectivity index (χ0n) is 16.8. The molecule has 1 heterocycles. The molecular formula is C21H25ClN4O4. The first kappa shape index (κ1) is 21.9. The Balaban J connectivity index is 1.40. The summed E-state index contributed by atoms with van der Waals surface area (Å²) >= 11 is 6.00. The quantitative estimate of drug-likeness (QED) is 0.391. The van der Waals surface area contributed by atoms with Crippen LogP contribution in [0.25, 0.3) is 0 Å². The van der Waals surface area contributed by atoms with Gasteiger partial charge in [-0.1, -0.05) is 23.7 Å². The third-order valence-electron chi connectivity index (χ3n) is 5.14. The summed E-state index contributed by atoms with van der Waals surface area (Å²) in [4.78, 5) is 27.2. The van der Waals surface area contributed by atoms with Crippen LogP contribution < -0.4 is 15.0 Å². The van der Waals surface area contributed by atoms with Crippen molar-refractivity contribution >= 4 is 28.9 Å². The van der Waals surface area contributed by atoms with Crippen molar-refractivity contribution in [3.8, 4) is 5.75 Å². The number of halogens is 1. The summed E-state index contributed by atoms with van der Waals surface area (Å²) in [7, 11) is 1.69. The Morgan fingerprint density at radius 2 is 1.93 bits per heavy atom. The fourth-order valence-corrected chi connectivity index (χ4v) is 3.77. The fraction of sp³-hybridized carbons (Fsp3) is 0.381. The highest BCUT2D eigenvalue weighted by atomic mass is 35.5. The normalized spacial score (nSPS) is 14.4. The SMILES string of the molecule is COc1ccccc1N1CCN(CCCNC(=O)c2ccc([N+](=O)[O-])cc2Cl)CC1. The molecule has 1 aliphatic heterocycles. The number of nitro benzene ring substituents is 1. The number of carbonyl (C=O) groups excluding carboxylic acids is 1. The number of non-ortho nitro benzene ring substituents is 1. The summed E-state index contributed by atoms with van der Waals surface area (Å²) in [6.45, 7) is 5.13.